The Kier molecular flexibility index (Phi) is 3.31. The molecule has 1 N–H and O–H groups in total. The van der Waals surface area contributed by atoms with Gasteiger partial charge in [0.1, 0.15) is 0 Å². The topological polar surface area (TPSA) is 49.9 Å². The Labute approximate surface area is 107 Å². The van der Waals surface area contributed by atoms with Gasteiger partial charge in [0.05, 0.1) is 10.0 Å². The Morgan fingerprint density at radius 3 is 2.53 bits per heavy atom. The van der Waals surface area contributed by atoms with Crippen molar-refractivity contribution in [3.8, 4) is 11.1 Å². The van der Waals surface area contributed by atoms with Crippen molar-refractivity contribution < 1.29 is 4.79 Å². The lowest BCUT2D eigenvalue weighted by Gasteiger charge is -2.05. The van der Waals surface area contributed by atoms with Crippen LogP contribution in [-0.2, 0) is 0 Å². The van der Waals surface area contributed by atoms with Crippen LogP contribution in [0.25, 0.3) is 11.1 Å². The summed E-state index contributed by atoms with van der Waals surface area (Å²) in [6.45, 7) is 0. The molecular weight excluding hydrogens is 261 g/mol. The highest BCUT2D eigenvalue weighted by Gasteiger charge is 2.07. The van der Waals surface area contributed by atoms with Crippen LogP contribution in [0.2, 0.25) is 10.0 Å². The van der Waals surface area contributed by atoms with E-state index in [1.165, 1.54) is 12.3 Å². The predicted octanol–water partition coefficient (Wildman–Crippen LogP) is 3.16. The molecule has 17 heavy (non-hydrogen) atoms. The highest BCUT2D eigenvalue weighted by atomic mass is 35.5. The standard InChI is InChI=1S/C12H7Cl2NO2/c13-10-2-1-7(3-11(10)14)9-5-15-12(17)4-8(9)6-16/h1-6H,(H,15,17). The molecule has 0 spiro atoms. The molecule has 0 atom stereocenters. The fourth-order valence-corrected chi connectivity index (χ4v) is 1.80. The Hall–Kier alpha value is -1.58. The number of aldehydes is 1. The third-order valence-electron chi connectivity index (χ3n) is 2.31. The first kappa shape index (κ1) is 11.9. The zero-order valence-electron chi connectivity index (χ0n) is 8.54. The quantitative estimate of drug-likeness (QED) is 0.850. The van der Waals surface area contributed by atoms with Gasteiger partial charge in [-0.3, -0.25) is 9.59 Å². The van der Waals surface area contributed by atoms with Crippen LogP contribution < -0.4 is 5.56 Å². The van der Waals surface area contributed by atoms with Gasteiger partial charge in [0.15, 0.2) is 6.29 Å². The van der Waals surface area contributed by atoms with Gasteiger partial charge >= 0.3 is 0 Å². The second-order valence-corrected chi connectivity index (χ2v) is 4.23. The van der Waals surface area contributed by atoms with Gasteiger partial charge in [-0.25, -0.2) is 0 Å². The van der Waals surface area contributed by atoms with Crippen LogP contribution >= 0.6 is 23.2 Å². The largest absolute Gasteiger partial charge is 0.328 e. The van der Waals surface area contributed by atoms with Crippen LogP contribution in [-0.4, -0.2) is 11.3 Å². The lowest BCUT2D eigenvalue weighted by Crippen LogP contribution is -2.05. The maximum atomic E-state index is 11.1. The van der Waals surface area contributed by atoms with Crippen molar-refractivity contribution in [1.29, 1.82) is 0 Å². The molecule has 1 aromatic carbocycles. The minimum Gasteiger partial charge on any atom is -0.328 e. The van der Waals surface area contributed by atoms with Crippen molar-refractivity contribution in [1.82, 2.24) is 4.98 Å². The lowest BCUT2D eigenvalue weighted by atomic mass is 10.0. The number of hydrogen-bond acceptors (Lipinski definition) is 2. The molecule has 0 radical (unpaired) electrons. The molecule has 0 bridgehead atoms. The number of H-pyrrole nitrogens is 1. The molecule has 2 rings (SSSR count). The van der Waals surface area contributed by atoms with Crippen molar-refractivity contribution in [3.63, 3.8) is 0 Å². The Morgan fingerprint density at radius 1 is 1.12 bits per heavy atom. The van der Waals surface area contributed by atoms with Crippen molar-refractivity contribution in [3.05, 3.63) is 56.4 Å². The molecule has 0 saturated carbocycles. The molecule has 1 heterocycles. The summed E-state index contributed by atoms with van der Waals surface area (Å²) >= 11 is 11.7. The first-order valence-corrected chi connectivity index (χ1v) is 5.51. The highest BCUT2D eigenvalue weighted by molar-refractivity contribution is 6.42. The summed E-state index contributed by atoms with van der Waals surface area (Å²) in [6.07, 6.45) is 2.11. The minimum atomic E-state index is -0.323. The maximum absolute atomic E-state index is 11.1. The maximum Gasteiger partial charge on any atom is 0.248 e. The van der Waals surface area contributed by atoms with E-state index < -0.39 is 0 Å². The van der Waals surface area contributed by atoms with Gasteiger partial charge in [0, 0.05) is 23.4 Å². The number of benzene rings is 1. The van der Waals surface area contributed by atoms with E-state index in [0.29, 0.717) is 27.5 Å². The van der Waals surface area contributed by atoms with Gasteiger partial charge in [-0.2, -0.15) is 0 Å². The average Bonchev–Trinajstić information content (AvgIpc) is 2.32. The summed E-state index contributed by atoms with van der Waals surface area (Å²) < 4.78 is 0. The van der Waals surface area contributed by atoms with Crippen LogP contribution in [0.15, 0.2) is 35.3 Å². The molecule has 86 valence electrons. The van der Waals surface area contributed by atoms with Crippen molar-refractivity contribution >= 4 is 29.5 Å². The molecule has 0 aliphatic heterocycles. The summed E-state index contributed by atoms with van der Waals surface area (Å²) in [7, 11) is 0. The van der Waals surface area contributed by atoms with E-state index in [2.05, 4.69) is 4.98 Å². The van der Waals surface area contributed by atoms with E-state index in [1.807, 2.05) is 0 Å². The molecule has 0 aliphatic rings. The van der Waals surface area contributed by atoms with Gasteiger partial charge in [0.2, 0.25) is 5.56 Å². The van der Waals surface area contributed by atoms with Gasteiger partial charge < -0.3 is 4.98 Å². The zero-order chi connectivity index (χ0) is 12.4. The smallest absolute Gasteiger partial charge is 0.248 e. The van der Waals surface area contributed by atoms with E-state index in [-0.39, 0.29) is 5.56 Å². The number of halogens is 2. The zero-order valence-corrected chi connectivity index (χ0v) is 10.0. The Balaban J connectivity index is 2.63. The molecule has 3 nitrogen and oxygen atoms in total. The monoisotopic (exact) mass is 267 g/mol. The molecule has 0 amide bonds. The fourth-order valence-electron chi connectivity index (χ4n) is 1.50. The molecule has 2 aromatic rings. The summed E-state index contributed by atoms with van der Waals surface area (Å²) in [5, 5.41) is 0.833. The van der Waals surface area contributed by atoms with Gasteiger partial charge in [-0.15, -0.1) is 0 Å². The number of rotatable bonds is 2. The third kappa shape index (κ3) is 2.40. The number of nitrogens with one attached hydrogen (secondary N) is 1. The Morgan fingerprint density at radius 2 is 1.88 bits per heavy atom. The van der Waals surface area contributed by atoms with Crippen LogP contribution in [0.4, 0.5) is 0 Å². The van der Waals surface area contributed by atoms with Crippen LogP contribution in [0.5, 0.6) is 0 Å². The Bertz CT molecular complexity index is 635. The SMILES string of the molecule is O=Cc1cc(=O)[nH]cc1-c1ccc(Cl)c(Cl)c1. The summed E-state index contributed by atoms with van der Waals surface area (Å²) in [4.78, 5) is 24.5. The number of pyridine rings is 1. The first-order valence-electron chi connectivity index (χ1n) is 4.75. The number of hydrogen-bond donors (Lipinski definition) is 1. The van der Waals surface area contributed by atoms with Crippen molar-refractivity contribution in [2.24, 2.45) is 0 Å². The number of aromatic amines is 1. The number of carbonyl (C=O) groups excluding carboxylic acids is 1. The van der Waals surface area contributed by atoms with Crippen molar-refractivity contribution in [2.75, 3.05) is 0 Å². The molecule has 0 aliphatic carbocycles. The van der Waals surface area contributed by atoms with Crippen LogP contribution in [0.1, 0.15) is 10.4 Å². The first-order chi connectivity index (χ1) is 8.11. The second kappa shape index (κ2) is 4.73. The molecule has 0 unspecified atom stereocenters. The third-order valence-corrected chi connectivity index (χ3v) is 3.05. The van der Waals surface area contributed by atoms with Crippen molar-refractivity contribution in [2.45, 2.75) is 0 Å². The lowest BCUT2D eigenvalue weighted by molar-refractivity contribution is 0.112. The molecular formula is C12H7Cl2NO2. The summed E-state index contributed by atoms with van der Waals surface area (Å²) in [5.74, 6) is 0. The van der Waals surface area contributed by atoms with E-state index in [0.717, 1.165) is 5.56 Å². The molecule has 0 saturated heterocycles. The second-order valence-electron chi connectivity index (χ2n) is 3.41. The van der Waals surface area contributed by atoms with E-state index >= 15 is 0 Å². The van der Waals surface area contributed by atoms with Gasteiger partial charge in [-0.1, -0.05) is 29.3 Å². The molecule has 1 aromatic heterocycles. The van der Waals surface area contributed by atoms with E-state index in [1.54, 1.807) is 18.2 Å². The van der Waals surface area contributed by atoms with Crippen LogP contribution in [0.3, 0.4) is 0 Å². The van der Waals surface area contributed by atoms with E-state index in [9.17, 15) is 9.59 Å². The molecule has 5 heteroatoms. The summed E-state index contributed by atoms with van der Waals surface area (Å²) in [6, 6.07) is 6.25. The average molecular weight is 268 g/mol. The fraction of sp³-hybridized carbons (Fsp3) is 0. The normalized spacial score (nSPS) is 10.2. The van der Waals surface area contributed by atoms with Crippen LogP contribution in [0, 0.1) is 0 Å². The minimum absolute atomic E-state index is 0.312. The number of carbonyl (C=O) groups is 1. The predicted molar refractivity (Wildman–Crippen MR) is 67.9 cm³/mol. The highest BCUT2D eigenvalue weighted by Crippen LogP contribution is 2.29. The van der Waals surface area contributed by atoms with Gasteiger partial charge in [-0.05, 0) is 17.7 Å². The van der Waals surface area contributed by atoms with Gasteiger partial charge in [0.25, 0.3) is 0 Å². The molecule has 0 fully saturated rings. The summed E-state index contributed by atoms with van der Waals surface area (Å²) in [5.41, 5.74) is 1.32. The van der Waals surface area contributed by atoms with E-state index in [4.69, 9.17) is 23.2 Å². The number of aromatic nitrogens is 1.